The van der Waals surface area contributed by atoms with E-state index in [0.29, 0.717) is 11.2 Å². The Balaban J connectivity index is 1.35. The first-order valence-electron chi connectivity index (χ1n) is 14.2. The monoisotopic (exact) mass is 614 g/mol. The molecule has 14 nitrogen and oxygen atoms in total. The van der Waals surface area contributed by atoms with E-state index in [4.69, 9.17) is 24.3 Å². The third-order valence-corrected chi connectivity index (χ3v) is 9.27. The molecule has 15 heteroatoms. The van der Waals surface area contributed by atoms with Gasteiger partial charge in [0, 0.05) is 0 Å². The van der Waals surface area contributed by atoms with E-state index in [1.54, 1.807) is 30.3 Å². The van der Waals surface area contributed by atoms with Crippen LogP contribution < -0.4 is 15.3 Å². The molecule has 2 aliphatic rings. The van der Waals surface area contributed by atoms with Crippen molar-refractivity contribution in [2.75, 3.05) is 12.3 Å². The van der Waals surface area contributed by atoms with Crippen LogP contribution in [-0.4, -0.2) is 67.3 Å². The number of esters is 1. The number of fused-ring (bicyclic) bond motifs is 1. The Morgan fingerprint density at radius 1 is 1.23 bits per heavy atom. The van der Waals surface area contributed by atoms with Gasteiger partial charge < -0.3 is 29.9 Å². The number of nitrogens with two attached hydrogens (primary N) is 1. The number of nitriles is 1. The number of carbonyl (C=O) groups is 1. The number of para-hydroxylation sites is 1. The number of benzene rings is 1. The predicted molar refractivity (Wildman–Crippen MR) is 152 cm³/mol. The van der Waals surface area contributed by atoms with Gasteiger partial charge in [0.25, 0.3) is 0 Å². The molecule has 0 bridgehead atoms. The van der Waals surface area contributed by atoms with Crippen molar-refractivity contribution in [1.29, 1.82) is 5.26 Å². The van der Waals surface area contributed by atoms with Crippen molar-refractivity contribution in [2.24, 2.45) is 0 Å². The normalized spacial score (nSPS) is 26.7. The van der Waals surface area contributed by atoms with Crippen LogP contribution in [0.4, 0.5) is 5.82 Å². The number of aliphatic hydroxyl groups excluding tert-OH is 2. The van der Waals surface area contributed by atoms with Crippen LogP contribution in [0.2, 0.25) is 0 Å². The fourth-order valence-electron chi connectivity index (χ4n) is 5.28. The molecule has 1 saturated heterocycles. The first-order valence-corrected chi connectivity index (χ1v) is 15.7. The molecule has 1 aliphatic carbocycles. The van der Waals surface area contributed by atoms with Gasteiger partial charge in [0.1, 0.15) is 60.7 Å². The standard InChI is InChI=1S/C28H35N6O8P/c1-18(27(37)40-19-9-5-2-3-6-10-19)33-43(38,42-20-11-7-4-8-12-20)39-16-28(15-29)25(36)23(35)24(41-28)21-13-14-22-26(30)31-17-32-34(21)22/h4,7-8,11-14,17-19,23-25,35-36H,2-3,5-6,9-10,16H2,1H3,(H,33,38)(H2,30,31,32)/t18-,23-,24-,25-,28+,43+/m0/s1. The smallest absolute Gasteiger partial charge is 0.459 e. The minimum Gasteiger partial charge on any atom is -0.461 e. The number of carbonyl (C=O) groups excluding carboxylic acids is 1. The molecule has 0 radical (unpaired) electrons. The molecule has 230 valence electrons. The van der Waals surface area contributed by atoms with Gasteiger partial charge in [0.05, 0.1) is 5.69 Å². The van der Waals surface area contributed by atoms with E-state index < -0.39 is 50.3 Å². The van der Waals surface area contributed by atoms with Crippen molar-refractivity contribution >= 4 is 25.1 Å². The van der Waals surface area contributed by atoms with Crippen molar-refractivity contribution in [3.05, 3.63) is 54.5 Å². The highest BCUT2D eigenvalue weighted by Gasteiger charge is 2.57. The Bertz CT molecular complexity index is 1510. The molecule has 5 rings (SSSR count). The average Bonchev–Trinajstić information content (AvgIpc) is 3.41. The molecule has 1 aliphatic heterocycles. The average molecular weight is 615 g/mol. The number of aliphatic hydroxyl groups is 2. The van der Waals surface area contributed by atoms with Gasteiger partial charge in [0.15, 0.2) is 5.82 Å². The van der Waals surface area contributed by atoms with Crippen molar-refractivity contribution in [3.8, 4) is 11.8 Å². The summed E-state index contributed by atoms with van der Waals surface area (Å²) in [6.07, 6.45) is 1.99. The van der Waals surface area contributed by atoms with Crippen molar-refractivity contribution in [2.45, 2.75) is 81.5 Å². The number of nitrogens with one attached hydrogen (secondary N) is 1. The number of anilines is 1. The Morgan fingerprint density at radius 3 is 2.65 bits per heavy atom. The quantitative estimate of drug-likeness (QED) is 0.148. The van der Waals surface area contributed by atoms with Gasteiger partial charge >= 0.3 is 13.7 Å². The summed E-state index contributed by atoms with van der Waals surface area (Å²) >= 11 is 0. The third kappa shape index (κ3) is 6.67. The first kappa shape index (κ1) is 30.9. The maximum Gasteiger partial charge on any atom is 0.459 e. The summed E-state index contributed by atoms with van der Waals surface area (Å²) in [6.45, 7) is 0.676. The lowest BCUT2D eigenvalue weighted by atomic mass is 9.96. The Morgan fingerprint density at radius 2 is 1.95 bits per heavy atom. The topological polar surface area (TPSA) is 204 Å². The van der Waals surface area contributed by atoms with Crippen LogP contribution in [0, 0.1) is 11.3 Å². The lowest BCUT2D eigenvalue weighted by Gasteiger charge is -2.28. The van der Waals surface area contributed by atoms with Gasteiger partial charge in [-0.15, -0.1) is 0 Å². The van der Waals surface area contributed by atoms with Crippen LogP contribution in [0.1, 0.15) is 57.2 Å². The van der Waals surface area contributed by atoms with Crippen LogP contribution in [0.25, 0.3) is 5.52 Å². The minimum atomic E-state index is -4.41. The van der Waals surface area contributed by atoms with E-state index in [1.165, 1.54) is 29.9 Å². The highest BCUT2D eigenvalue weighted by molar-refractivity contribution is 7.52. The van der Waals surface area contributed by atoms with Gasteiger partial charge in [-0.05, 0) is 56.9 Å². The van der Waals surface area contributed by atoms with Crippen molar-refractivity contribution < 1.29 is 38.1 Å². The summed E-state index contributed by atoms with van der Waals surface area (Å²) < 4.78 is 38.4. The Hall–Kier alpha value is -3.57. The second-order valence-corrected chi connectivity index (χ2v) is 12.4. The Kier molecular flexibility index (Phi) is 9.31. The van der Waals surface area contributed by atoms with Gasteiger partial charge in [-0.3, -0.25) is 9.32 Å². The number of hydrogen-bond donors (Lipinski definition) is 4. The van der Waals surface area contributed by atoms with E-state index in [9.17, 15) is 24.8 Å². The molecule has 5 N–H and O–H groups in total. The maximum absolute atomic E-state index is 14.1. The summed E-state index contributed by atoms with van der Waals surface area (Å²) in [7, 11) is -4.41. The first-order chi connectivity index (χ1) is 20.6. The summed E-state index contributed by atoms with van der Waals surface area (Å²) in [5.74, 6) is -0.284. The largest absolute Gasteiger partial charge is 0.461 e. The lowest BCUT2D eigenvalue weighted by molar-refractivity contribution is -0.151. The van der Waals surface area contributed by atoms with E-state index in [2.05, 4.69) is 15.2 Å². The van der Waals surface area contributed by atoms with E-state index >= 15 is 0 Å². The van der Waals surface area contributed by atoms with E-state index in [1.807, 2.05) is 6.07 Å². The summed E-state index contributed by atoms with van der Waals surface area (Å²) in [5, 5.41) is 38.8. The molecule has 1 aromatic carbocycles. The number of aromatic nitrogens is 3. The molecule has 0 unspecified atom stereocenters. The van der Waals surface area contributed by atoms with Crippen LogP contribution >= 0.6 is 7.75 Å². The summed E-state index contributed by atoms with van der Waals surface area (Å²) in [6, 6.07) is 12.1. The second-order valence-electron chi connectivity index (χ2n) is 10.8. The zero-order chi connectivity index (χ0) is 30.6. The van der Waals surface area contributed by atoms with Crippen LogP contribution in [-0.2, 0) is 23.4 Å². The number of nitrogens with zero attached hydrogens (tertiary/aromatic N) is 4. The minimum absolute atomic E-state index is 0.163. The molecule has 43 heavy (non-hydrogen) atoms. The number of rotatable bonds is 10. The SMILES string of the molecule is C[C@H](N[P@@](=O)(OC[C@@]1(C#N)O[C@@H](c2ccc3c(N)ncnn23)[C@H](O)[C@@H]1O)Oc1ccccc1)C(=O)OC1CCCCCC1. The zero-order valence-electron chi connectivity index (χ0n) is 23.6. The maximum atomic E-state index is 14.1. The van der Waals surface area contributed by atoms with Gasteiger partial charge in [-0.1, -0.05) is 31.0 Å². The molecule has 3 aromatic rings. The number of nitrogen functional groups attached to an aromatic ring is 1. The van der Waals surface area contributed by atoms with Gasteiger partial charge in [-0.25, -0.2) is 14.1 Å². The molecule has 0 spiro atoms. The number of hydrogen-bond acceptors (Lipinski definition) is 12. The molecule has 2 fully saturated rings. The van der Waals surface area contributed by atoms with Crippen molar-refractivity contribution in [3.63, 3.8) is 0 Å². The highest BCUT2D eigenvalue weighted by atomic mass is 31.2. The van der Waals surface area contributed by atoms with Crippen molar-refractivity contribution in [1.82, 2.24) is 19.7 Å². The van der Waals surface area contributed by atoms with E-state index in [-0.39, 0.29) is 17.7 Å². The van der Waals surface area contributed by atoms with Crippen LogP contribution in [0.5, 0.6) is 5.75 Å². The molecule has 2 aromatic heterocycles. The molecule has 0 amide bonds. The fraction of sp³-hybridized carbons (Fsp3) is 0.500. The summed E-state index contributed by atoms with van der Waals surface area (Å²) in [4.78, 5) is 16.9. The second kappa shape index (κ2) is 13.0. The Labute approximate surface area is 248 Å². The fourth-order valence-corrected chi connectivity index (χ4v) is 6.80. The molecular formula is C28H35N6O8P. The van der Waals surface area contributed by atoms with E-state index in [0.717, 1.165) is 38.5 Å². The third-order valence-electron chi connectivity index (χ3n) is 7.65. The molecular weight excluding hydrogens is 579 g/mol. The predicted octanol–water partition coefficient (Wildman–Crippen LogP) is 2.81. The molecule has 3 heterocycles. The van der Waals surface area contributed by atoms with Crippen LogP contribution in [0.3, 0.4) is 0 Å². The summed E-state index contributed by atoms with van der Waals surface area (Å²) in [5.41, 5.74) is 4.46. The van der Waals surface area contributed by atoms with Gasteiger partial charge in [-0.2, -0.15) is 15.4 Å². The highest BCUT2D eigenvalue weighted by Crippen LogP contribution is 2.48. The lowest BCUT2D eigenvalue weighted by Crippen LogP contribution is -2.46. The molecule has 6 atom stereocenters. The zero-order valence-corrected chi connectivity index (χ0v) is 24.5. The number of ether oxygens (including phenoxy) is 2. The molecule has 1 saturated carbocycles. The van der Waals surface area contributed by atoms with Gasteiger partial charge in [0.2, 0.25) is 5.60 Å². The van der Waals surface area contributed by atoms with Crippen LogP contribution in [0.15, 0.2) is 48.8 Å².